The summed E-state index contributed by atoms with van der Waals surface area (Å²) in [6, 6.07) is 28.4. The van der Waals surface area contributed by atoms with Crippen LogP contribution in [0.1, 0.15) is 25.3 Å². The van der Waals surface area contributed by atoms with E-state index in [2.05, 4.69) is 10.5 Å². The molecule has 3 aromatic carbocycles. The molecule has 0 unspecified atom stereocenters. The molecule has 1 N–H and O–H groups in total. The molecule has 2 amide bonds. The minimum atomic E-state index is -0.297. The minimum Gasteiger partial charge on any atom is -0.281 e. The van der Waals surface area contributed by atoms with Gasteiger partial charge in [-0.2, -0.15) is 5.10 Å². The second-order valence-electron chi connectivity index (χ2n) is 6.50. The van der Waals surface area contributed by atoms with E-state index in [-0.39, 0.29) is 24.7 Å². The first-order valence-electron chi connectivity index (χ1n) is 9.47. The van der Waals surface area contributed by atoms with E-state index in [1.54, 1.807) is 4.90 Å². The van der Waals surface area contributed by atoms with Crippen molar-refractivity contribution in [3.63, 3.8) is 0 Å². The number of benzene rings is 3. The largest absolute Gasteiger partial charge is 0.281 e. The molecule has 146 valence electrons. The van der Waals surface area contributed by atoms with Crippen LogP contribution in [0.5, 0.6) is 0 Å². The third-order valence-corrected chi connectivity index (χ3v) is 4.38. The number of hydrazone groups is 1. The van der Waals surface area contributed by atoms with Gasteiger partial charge in [-0.3, -0.25) is 14.5 Å². The highest BCUT2D eigenvalue weighted by atomic mass is 16.2. The Morgan fingerprint density at radius 3 is 1.76 bits per heavy atom. The lowest BCUT2D eigenvalue weighted by Crippen LogP contribution is -2.28. The van der Waals surface area contributed by atoms with Crippen molar-refractivity contribution in [2.75, 3.05) is 4.90 Å². The van der Waals surface area contributed by atoms with Crippen LogP contribution in [0.3, 0.4) is 0 Å². The predicted octanol–water partition coefficient (Wildman–Crippen LogP) is 4.67. The second-order valence-corrected chi connectivity index (χ2v) is 6.50. The highest BCUT2D eigenvalue weighted by Gasteiger charge is 2.18. The van der Waals surface area contributed by atoms with Crippen molar-refractivity contribution < 1.29 is 9.59 Å². The van der Waals surface area contributed by atoms with E-state index in [1.807, 2.05) is 97.9 Å². The molecular weight excluding hydrogens is 362 g/mol. The van der Waals surface area contributed by atoms with Crippen molar-refractivity contribution >= 4 is 28.9 Å². The van der Waals surface area contributed by atoms with Crippen LogP contribution >= 0.6 is 0 Å². The zero-order valence-corrected chi connectivity index (χ0v) is 16.3. The first kappa shape index (κ1) is 20.0. The topological polar surface area (TPSA) is 61.8 Å². The molecule has 0 fully saturated rings. The van der Waals surface area contributed by atoms with Crippen LogP contribution in [-0.4, -0.2) is 17.5 Å². The van der Waals surface area contributed by atoms with Gasteiger partial charge in [0.05, 0.1) is 5.71 Å². The number of amides is 2. The first-order valence-corrected chi connectivity index (χ1v) is 9.47. The highest BCUT2D eigenvalue weighted by molar-refractivity contribution is 6.02. The monoisotopic (exact) mass is 385 g/mol. The third kappa shape index (κ3) is 5.62. The number of carbonyl (C=O) groups is 2. The van der Waals surface area contributed by atoms with E-state index in [9.17, 15) is 9.59 Å². The molecule has 0 aliphatic rings. The van der Waals surface area contributed by atoms with Gasteiger partial charge in [0.15, 0.2) is 0 Å². The molecular formula is C24H23N3O2. The Morgan fingerprint density at radius 1 is 0.759 bits per heavy atom. The van der Waals surface area contributed by atoms with Gasteiger partial charge >= 0.3 is 0 Å². The Bertz CT molecular complexity index is 931. The maximum absolute atomic E-state index is 12.9. The lowest BCUT2D eigenvalue weighted by molar-refractivity contribution is -0.124. The zero-order chi connectivity index (χ0) is 20.5. The summed E-state index contributed by atoms with van der Waals surface area (Å²) in [6.07, 6.45) is 0.135. The maximum Gasteiger partial charge on any atom is 0.240 e. The van der Waals surface area contributed by atoms with Gasteiger partial charge in [-0.05, 0) is 36.8 Å². The molecule has 3 aromatic rings. The molecule has 0 aliphatic carbocycles. The van der Waals surface area contributed by atoms with Crippen molar-refractivity contribution in [3.8, 4) is 0 Å². The third-order valence-electron chi connectivity index (χ3n) is 4.38. The molecule has 0 atom stereocenters. The summed E-state index contributed by atoms with van der Waals surface area (Å²) in [7, 11) is 0. The number of anilines is 2. The summed E-state index contributed by atoms with van der Waals surface area (Å²) < 4.78 is 0. The minimum absolute atomic E-state index is 0.0561. The summed E-state index contributed by atoms with van der Waals surface area (Å²) in [5, 5.41) is 4.13. The quantitative estimate of drug-likeness (QED) is 0.474. The van der Waals surface area contributed by atoms with Crippen molar-refractivity contribution in [1.29, 1.82) is 0 Å². The molecule has 0 radical (unpaired) electrons. The fraction of sp³-hybridized carbons (Fsp3) is 0.125. The fourth-order valence-electron chi connectivity index (χ4n) is 2.87. The van der Waals surface area contributed by atoms with Crippen LogP contribution in [0.4, 0.5) is 11.4 Å². The summed E-state index contributed by atoms with van der Waals surface area (Å²) in [5.74, 6) is -0.448. The van der Waals surface area contributed by atoms with Gasteiger partial charge in [-0.25, -0.2) is 5.43 Å². The summed E-state index contributed by atoms with van der Waals surface area (Å²) in [4.78, 5) is 26.7. The van der Waals surface area contributed by atoms with Crippen LogP contribution in [0.25, 0.3) is 0 Å². The van der Waals surface area contributed by atoms with Crippen LogP contribution in [-0.2, 0) is 9.59 Å². The van der Waals surface area contributed by atoms with Crippen LogP contribution in [0, 0.1) is 0 Å². The van der Waals surface area contributed by atoms with Gasteiger partial charge in [-0.1, -0.05) is 66.7 Å². The number of hydrogen-bond donors (Lipinski definition) is 1. The Kier molecular flexibility index (Phi) is 6.90. The number of hydrogen-bond acceptors (Lipinski definition) is 3. The number of nitrogens with zero attached hydrogens (tertiary/aromatic N) is 2. The Hall–Kier alpha value is -3.73. The lowest BCUT2D eigenvalue weighted by atomic mass is 10.1. The average Bonchev–Trinajstić information content (AvgIpc) is 2.78. The SMILES string of the molecule is CC(=NNC(=O)CCC(=O)N(c1ccccc1)c1ccccc1)c1ccccc1. The molecule has 0 spiro atoms. The van der Waals surface area contributed by atoms with Gasteiger partial charge in [0, 0.05) is 24.2 Å². The molecule has 0 aromatic heterocycles. The van der Waals surface area contributed by atoms with E-state index < -0.39 is 0 Å². The van der Waals surface area contributed by atoms with E-state index in [0.29, 0.717) is 5.71 Å². The average molecular weight is 385 g/mol. The molecule has 0 bridgehead atoms. The normalized spacial score (nSPS) is 11.0. The lowest BCUT2D eigenvalue weighted by Gasteiger charge is -2.23. The standard InChI is InChI=1S/C24H23N3O2/c1-19(20-11-5-2-6-12-20)25-26-23(28)17-18-24(29)27(21-13-7-3-8-14-21)22-15-9-4-10-16-22/h2-16H,17-18H2,1H3,(H,26,28). The summed E-state index contributed by atoms with van der Waals surface area (Å²) >= 11 is 0. The van der Waals surface area contributed by atoms with E-state index in [4.69, 9.17) is 0 Å². The molecule has 0 heterocycles. The van der Waals surface area contributed by atoms with Gasteiger partial charge < -0.3 is 0 Å². The van der Waals surface area contributed by atoms with Crippen LogP contribution in [0.15, 0.2) is 96.1 Å². The van der Waals surface area contributed by atoms with Gasteiger partial charge in [0.1, 0.15) is 0 Å². The highest BCUT2D eigenvalue weighted by Crippen LogP contribution is 2.26. The summed E-state index contributed by atoms with van der Waals surface area (Å²) in [5.41, 5.74) is 5.71. The zero-order valence-electron chi connectivity index (χ0n) is 16.3. The Labute approximate surface area is 170 Å². The number of nitrogens with one attached hydrogen (secondary N) is 1. The van der Waals surface area contributed by atoms with Crippen molar-refractivity contribution in [2.45, 2.75) is 19.8 Å². The molecule has 0 saturated carbocycles. The Morgan fingerprint density at radius 2 is 1.24 bits per heavy atom. The molecule has 29 heavy (non-hydrogen) atoms. The van der Waals surface area contributed by atoms with Gasteiger partial charge in [0.25, 0.3) is 0 Å². The fourth-order valence-corrected chi connectivity index (χ4v) is 2.87. The van der Waals surface area contributed by atoms with Gasteiger partial charge in [-0.15, -0.1) is 0 Å². The van der Waals surface area contributed by atoms with Crippen LogP contribution in [0.2, 0.25) is 0 Å². The molecule has 5 heteroatoms. The van der Waals surface area contributed by atoms with Crippen LogP contribution < -0.4 is 10.3 Å². The smallest absolute Gasteiger partial charge is 0.240 e. The second kappa shape index (κ2) is 9.99. The molecule has 0 saturated heterocycles. The number of para-hydroxylation sites is 2. The Balaban J connectivity index is 1.64. The van der Waals surface area contributed by atoms with Crippen molar-refractivity contribution in [3.05, 3.63) is 96.6 Å². The van der Waals surface area contributed by atoms with E-state index in [0.717, 1.165) is 16.9 Å². The van der Waals surface area contributed by atoms with E-state index in [1.165, 1.54) is 0 Å². The molecule has 5 nitrogen and oxygen atoms in total. The summed E-state index contributed by atoms with van der Waals surface area (Å²) in [6.45, 7) is 1.83. The van der Waals surface area contributed by atoms with Crippen molar-refractivity contribution in [1.82, 2.24) is 5.43 Å². The number of carbonyl (C=O) groups excluding carboxylic acids is 2. The number of rotatable bonds is 7. The molecule has 0 aliphatic heterocycles. The predicted molar refractivity (Wildman–Crippen MR) is 116 cm³/mol. The maximum atomic E-state index is 12.9. The van der Waals surface area contributed by atoms with E-state index >= 15 is 0 Å². The van der Waals surface area contributed by atoms with Gasteiger partial charge in [0.2, 0.25) is 11.8 Å². The molecule has 3 rings (SSSR count). The first-order chi connectivity index (χ1) is 14.1. The van der Waals surface area contributed by atoms with Crippen molar-refractivity contribution in [2.24, 2.45) is 5.10 Å².